The molecule has 1 aromatic carbocycles. The lowest BCUT2D eigenvalue weighted by molar-refractivity contribution is 0.174. The molecule has 0 aliphatic carbocycles. The lowest BCUT2D eigenvalue weighted by Gasteiger charge is -2.15. The van der Waals surface area contributed by atoms with Gasteiger partial charge in [0.05, 0.1) is 13.2 Å². The number of pyridine rings is 1. The van der Waals surface area contributed by atoms with Gasteiger partial charge in [0.1, 0.15) is 5.75 Å². The van der Waals surface area contributed by atoms with Crippen LogP contribution in [0.15, 0.2) is 41.1 Å². The maximum atomic E-state index is 10.4. The van der Waals surface area contributed by atoms with Gasteiger partial charge in [-0.1, -0.05) is 11.6 Å². The van der Waals surface area contributed by atoms with Crippen LogP contribution in [0.4, 0.5) is 0 Å². The molecule has 3 nitrogen and oxygen atoms in total. The molecule has 0 saturated heterocycles. The van der Waals surface area contributed by atoms with E-state index in [1.54, 1.807) is 19.5 Å². The molecule has 1 unspecified atom stereocenters. The summed E-state index contributed by atoms with van der Waals surface area (Å²) in [7, 11) is 1.61. The van der Waals surface area contributed by atoms with Gasteiger partial charge < -0.3 is 9.84 Å². The summed E-state index contributed by atoms with van der Waals surface area (Å²) in [5.41, 5.74) is 2.88. The van der Waals surface area contributed by atoms with Crippen LogP contribution in [0.2, 0.25) is 0 Å². The van der Waals surface area contributed by atoms with E-state index in [1.807, 2.05) is 31.2 Å². The molecular weight excluding hydrogens is 306 g/mol. The maximum Gasteiger partial charge on any atom is 0.124 e. The van der Waals surface area contributed by atoms with E-state index in [4.69, 9.17) is 4.74 Å². The first kappa shape index (κ1) is 14.0. The van der Waals surface area contributed by atoms with Crippen molar-refractivity contribution in [2.24, 2.45) is 0 Å². The van der Waals surface area contributed by atoms with Gasteiger partial charge in [0, 0.05) is 28.9 Å². The van der Waals surface area contributed by atoms with Gasteiger partial charge in [-0.2, -0.15) is 0 Å². The highest BCUT2D eigenvalue weighted by atomic mass is 79.9. The summed E-state index contributed by atoms with van der Waals surface area (Å²) in [5.74, 6) is 0.709. The number of aromatic nitrogens is 1. The number of hydrogen-bond donors (Lipinski definition) is 1. The van der Waals surface area contributed by atoms with Crippen molar-refractivity contribution in [1.82, 2.24) is 4.98 Å². The van der Waals surface area contributed by atoms with Gasteiger partial charge in [0.2, 0.25) is 0 Å². The number of aliphatic hydroxyl groups excluding tert-OH is 1. The molecule has 100 valence electrons. The molecule has 0 spiro atoms. The van der Waals surface area contributed by atoms with Crippen LogP contribution in [-0.2, 0) is 6.42 Å². The van der Waals surface area contributed by atoms with Crippen LogP contribution in [-0.4, -0.2) is 17.2 Å². The van der Waals surface area contributed by atoms with E-state index in [2.05, 4.69) is 20.9 Å². The predicted octanol–water partition coefficient (Wildman–Crippen LogP) is 3.44. The highest BCUT2D eigenvalue weighted by molar-refractivity contribution is 9.10. The van der Waals surface area contributed by atoms with E-state index >= 15 is 0 Å². The molecule has 0 bridgehead atoms. The van der Waals surface area contributed by atoms with Crippen LogP contribution in [0.1, 0.15) is 22.8 Å². The van der Waals surface area contributed by atoms with Gasteiger partial charge in [-0.05, 0) is 46.6 Å². The minimum Gasteiger partial charge on any atom is -0.496 e. The number of halogens is 1. The zero-order valence-corrected chi connectivity index (χ0v) is 12.5. The highest BCUT2D eigenvalue weighted by Gasteiger charge is 2.14. The zero-order valence-electron chi connectivity index (χ0n) is 10.9. The van der Waals surface area contributed by atoms with Crippen molar-refractivity contribution in [3.05, 3.63) is 57.8 Å². The van der Waals surface area contributed by atoms with Gasteiger partial charge in [0.25, 0.3) is 0 Å². The largest absolute Gasteiger partial charge is 0.496 e. The Kier molecular flexibility index (Phi) is 4.56. The Morgan fingerprint density at radius 1 is 1.32 bits per heavy atom. The van der Waals surface area contributed by atoms with E-state index < -0.39 is 6.10 Å². The molecule has 19 heavy (non-hydrogen) atoms. The van der Waals surface area contributed by atoms with E-state index in [1.165, 1.54) is 0 Å². The first-order chi connectivity index (χ1) is 9.10. The van der Waals surface area contributed by atoms with Crippen molar-refractivity contribution in [2.75, 3.05) is 7.11 Å². The van der Waals surface area contributed by atoms with Gasteiger partial charge in [-0.25, -0.2) is 0 Å². The smallest absolute Gasteiger partial charge is 0.124 e. The molecule has 2 rings (SSSR count). The molecule has 0 aliphatic heterocycles. The fourth-order valence-corrected chi connectivity index (χ4v) is 2.43. The number of methoxy groups -OCH3 is 1. The molecule has 0 radical (unpaired) electrons. The molecule has 1 N–H and O–H groups in total. The number of aliphatic hydroxyl groups is 1. The number of hydrogen-bond acceptors (Lipinski definition) is 3. The number of aryl methyl sites for hydroxylation is 1. The molecule has 1 atom stereocenters. The number of ether oxygens (including phenoxy) is 1. The van der Waals surface area contributed by atoms with Crippen LogP contribution in [0.5, 0.6) is 5.75 Å². The Labute approximate surface area is 121 Å². The minimum atomic E-state index is -0.606. The third kappa shape index (κ3) is 3.55. The van der Waals surface area contributed by atoms with Crippen LogP contribution < -0.4 is 4.74 Å². The van der Waals surface area contributed by atoms with Gasteiger partial charge in [-0.15, -0.1) is 0 Å². The van der Waals surface area contributed by atoms with E-state index in [-0.39, 0.29) is 0 Å². The van der Waals surface area contributed by atoms with Crippen molar-refractivity contribution in [2.45, 2.75) is 19.4 Å². The standard InChI is InChI=1S/C15H16BrNO2/c1-10-3-4-15(19-2)13(5-10)14(18)7-11-6-12(16)9-17-8-11/h3-6,8-9,14,18H,7H2,1-2H3. The lowest BCUT2D eigenvalue weighted by Crippen LogP contribution is -2.05. The summed E-state index contributed by atoms with van der Waals surface area (Å²) in [6.45, 7) is 2.00. The molecule has 2 aromatic rings. The van der Waals surface area contributed by atoms with E-state index in [0.717, 1.165) is 21.2 Å². The second kappa shape index (κ2) is 6.17. The SMILES string of the molecule is COc1ccc(C)cc1C(O)Cc1cncc(Br)c1. The van der Waals surface area contributed by atoms with Crippen LogP contribution >= 0.6 is 15.9 Å². The van der Waals surface area contributed by atoms with Crippen LogP contribution in [0.3, 0.4) is 0 Å². The lowest BCUT2D eigenvalue weighted by atomic mass is 10.00. The summed E-state index contributed by atoms with van der Waals surface area (Å²) in [5, 5.41) is 10.4. The molecule has 1 aromatic heterocycles. The monoisotopic (exact) mass is 321 g/mol. The maximum absolute atomic E-state index is 10.4. The number of benzene rings is 1. The van der Waals surface area contributed by atoms with Crippen molar-refractivity contribution in [3.8, 4) is 5.75 Å². The summed E-state index contributed by atoms with van der Waals surface area (Å²) in [6, 6.07) is 7.76. The predicted molar refractivity (Wildman–Crippen MR) is 78.3 cm³/mol. The molecule has 0 aliphatic rings. The minimum absolute atomic E-state index is 0.506. The van der Waals surface area contributed by atoms with Crippen molar-refractivity contribution >= 4 is 15.9 Å². The summed E-state index contributed by atoms with van der Waals surface area (Å²) in [4.78, 5) is 4.10. The second-order valence-electron chi connectivity index (χ2n) is 4.48. The first-order valence-electron chi connectivity index (χ1n) is 6.02. The summed E-state index contributed by atoms with van der Waals surface area (Å²) in [6.07, 6.45) is 3.39. The van der Waals surface area contributed by atoms with Crippen molar-refractivity contribution in [3.63, 3.8) is 0 Å². The number of nitrogens with zero attached hydrogens (tertiary/aromatic N) is 1. The van der Waals surface area contributed by atoms with Gasteiger partial charge >= 0.3 is 0 Å². The zero-order chi connectivity index (χ0) is 13.8. The van der Waals surface area contributed by atoms with Crippen LogP contribution in [0.25, 0.3) is 0 Å². The Morgan fingerprint density at radius 2 is 2.11 bits per heavy atom. The second-order valence-corrected chi connectivity index (χ2v) is 5.39. The molecule has 1 heterocycles. The Bertz CT molecular complexity index is 572. The topological polar surface area (TPSA) is 42.4 Å². The van der Waals surface area contributed by atoms with E-state index in [0.29, 0.717) is 12.2 Å². The van der Waals surface area contributed by atoms with Crippen molar-refractivity contribution < 1.29 is 9.84 Å². The summed E-state index contributed by atoms with van der Waals surface area (Å²) >= 11 is 3.38. The van der Waals surface area contributed by atoms with E-state index in [9.17, 15) is 5.11 Å². The average molecular weight is 322 g/mol. The average Bonchev–Trinajstić information content (AvgIpc) is 2.38. The number of rotatable bonds is 4. The molecule has 0 amide bonds. The van der Waals surface area contributed by atoms with Gasteiger partial charge in [-0.3, -0.25) is 4.98 Å². The third-order valence-corrected chi connectivity index (χ3v) is 3.37. The highest BCUT2D eigenvalue weighted by Crippen LogP contribution is 2.28. The fourth-order valence-electron chi connectivity index (χ4n) is 2.01. The Hall–Kier alpha value is -1.39. The third-order valence-electron chi connectivity index (χ3n) is 2.93. The van der Waals surface area contributed by atoms with Gasteiger partial charge in [0.15, 0.2) is 0 Å². The summed E-state index contributed by atoms with van der Waals surface area (Å²) < 4.78 is 6.21. The fraction of sp³-hybridized carbons (Fsp3) is 0.267. The Morgan fingerprint density at radius 3 is 2.79 bits per heavy atom. The quantitative estimate of drug-likeness (QED) is 0.938. The first-order valence-corrected chi connectivity index (χ1v) is 6.81. The molecule has 0 fully saturated rings. The molecular formula is C15H16BrNO2. The molecule has 4 heteroatoms. The normalized spacial score (nSPS) is 12.2. The Balaban J connectivity index is 2.24. The molecule has 0 saturated carbocycles. The van der Waals surface area contributed by atoms with Crippen LogP contribution in [0, 0.1) is 6.92 Å². The van der Waals surface area contributed by atoms with Crippen molar-refractivity contribution in [1.29, 1.82) is 0 Å².